The summed E-state index contributed by atoms with van der Waals surface area (Å²) in [5.74, 6) is -1.95. The molecule has 168 valence electrons. The number of para-hydroxylation sites is 1. The molecule has 1 N–H and O–H groups in total. The molecule has 0 radical (unpaired) electrons. The molecule has 2 heterocycles. The molecule has 0 bridgehead atoms. The minimum absolute atomic E-state index is 0.0833. The molecule has 0 aliphatic heterocycles. The first-order valence-electron chi connectivity index (χ1n) is 9.32. The van der Waals surface area contributed by atoms with Crippen molar-refractivity contribution in [3.8, 4) is 17.2 Å². The number of carbonyl (C=O) groups is 1. The quantitative estimate of drug-likeness (QED) is 0.278. The first-order valence-corrected chi connectivity index (χ1v) is 9.70. The van der Waals surface area contributed by atoms with Crippen LogP contribution < -0.4 is 10.1 Å². The van der Waals surface area contributed by atoms with E-state index in [0.29, 0.717) is 0 Å². The standard InChI is InChI=1S/C22H13ClF4N4O2/c23-18-11-15(8-9-28-18)33-17-7-6-13(10-16(17)24)30-21(32)19-20(22(25,26)27)31(12-29-19)14-4-2-1-3-5-14/h1-12H,(H,30,32). The van der Waals surface area contributed by atoms with Crippen LogP contribution in [0.2, 0.25) is 5.15 Å². The molecule has 0 fully saturated rings. The molecule has 4 aromatic rings. The molecule has 0 saturated carbocycles. The van der Waals surface area contributed by atoms with Crippen molar-refractivity contribution < 1.29 is 27.1 Å². The van der Waals surface area contributed by atoms with Crippen LogP contribution in [0, 0.1) is 5.82 Å². The van der Waals surface area contributed by atoms with Crippen molar-refractivity contribution in [2.45, 2.75) is 6.18 Å². The summed E-state index contributed by atoms with van der Waals surface area (Å²) in [5.41, 5.74) is -2.00. The highest BCUT2D eigenvalue weighted by atomic mass is 35.5. The Morgan fingerprint density at radius 2 is 1.79 bits per heavy atom. The van der Waals surface area contributed by atoms with Gasteiger partial charge in [-0.15, -0.1) is 0 Å². The first kappa shape index (κ1) is 22.3. The zero-order valence-electron chi connectivity index (χ0n) is 16.5. The summed E-state index contributed by atoms with van der Waals surface area (Å²) < 4.78 is 61.8. The second-order valence-electron chi connectivity index (χ2n) is 6.66. The topological polar surface area (TPSA) is 69.0 Å². The number of alkyl halides is 3. The number of halogens is 5. The highest BCUT2D eigenvalue weighted by molar-refractivity contribution is 6.29. The van der Waals surface area contributed by atoms with Crippen LogP contribution in [0.3, 0.4) is 0 Å². The number of benzene rings is 2. The van der Waals surface area contributed by atoms with E-state index in [1.807, 2.05) is 0 Å². The maximum atomic E-state index is 14.5. The van der Waals surface area contributed by atoms with Gasteiger partial charge in [0.25, 0.3) is 5.91 Å². The van der Waals surface area contributed by atoms with Gasteiger partial charge in [0.05, 0.1) is 0 Å². The molecule has 6 nitrogen and oxygen atoms in total. The number of pyridine rings is 1. The van der Waals surface area contributed by atoms with Crippen molar-refractivity contribution in [1.29, 1.82) is 0 Å². The van der Waals surface area contributed by atoms with E-state index in [2.05, 4.69) is 15.3 Å². The normalized spacial score (nSPS) is 11.3. The van der Waals surface area contributed by atoms with Gasteiger partial charge in [0, 0.05) is 29.7 Å². The fourth-order valence-corrected chi connectivity index (χ4v) is 3.16. The number of rotatable bonds is 5. The van der Waals surface area contributed by atoms with Crippen molar-refractivity contribution in [1.82, 2.24) is 14.5 Å². The minimum atomic E-state index is -4.87. The summed E-state index contributed by atoms with van der Waals surface area (Å²) in [7, 11) is 0. The van der Waals surface area contributed by atoms with Crippen molar-refractivity contribution in [3.63, 3.8) is 0 Å². The molecule has 1 amide bonds. The molecule has 0 saturated heterocycles. The second kappa shape index (κ2) is 8.91. The Morgan fingerprint density at radius 1 is 1.03 bits per heavy atom. The van der Waals surface area contributed by atoms with Gasteiger partial charge in [-0.1, -0.05) is 29.8 Å². The summed E-state index contributed by atoms with van der Waals surface area (Å²) in [6, 6.07) is 13.9. The third kappa shape index (κ3) is 4.96. The van der Waals surface area contributed by atoms with Gasteiger partial charge in [0.2, 0.25) is 0 Å². The maximum absolute atomic E-state index is 14.5. The number of amides is 1. The van der Waals surface area contributed by atoms with Crippen LogP contribution in [0.1, 0.15) is 16.2 Å². The molecule has 0 atom stereocenters. The number of anilines is 1. The number of hydrogen-bond acceptors (Lipinski definition) is 4. The van der Waals surface area contributed by atoms with Crippen molar-refractivity contribution in [3.05, 3.63) is 95.5 Å². The molecule has 2 aromatic heterocycles. The number of carbonyl (C=O) groups excluding carboxylic acids is 1. The summed E-state index contributed by atoms with van der Waals surface area (Å²) in [5, 5.41) is 2.38. The summed E-state index contributed by atoms with van der Waals surface area (Å²) in [4.78, 5) is 20.0. The highest BCUT2D eigenvalue weighted by Crippen LogP contribution is 2.34. The SMILES string of the molecule is O=C(Nc1ccc(Oc2ccnc(Cl)c2)c(F)c1)c1ncn(-c2ccccc2)c1C(F)(F)F. The predicted octanol–water partition coefficient (Wildman–Crippen LogP) is 6.12. The Morgan fingerprint density at radius 3 is 2.45 bits per heavy atom. The predicted molar refractivity (Wildman–Crippen MR) is 112 cm³/mol. The van der Waals surface area contributed by atoms with Crippen LogP contribution >= 0.6 is 11.6 Å². The van der Waals surface area contributed by atoms with Crippen LogP contribution in [-0.4, -0.2) is 20.4 Å². The van der Waals surface area contributed by atoms with Gasteiger partial charge in [-0.2, -0.15) is 13.2 Å². The average Bonchev–Trinajstić information content (AvgIpc) is 3.23. The van der Waals surface area contributed by atoms with Gasteiger partial charge < -0.3 is 10.1 Å². The largest absolute Gasteiger partial charge is 0.454 e. The van der Waals surface area contributed by atoms with Gasteiger partial charge >= 0.3 is 6.18 Å². The van der Waals surface area contributed by atoms with E-state index in [4.69, 9.17) is 16.3 Å². The van der Waals surface area contributed by atoms with E-state index in [0.717, 1.165) is 17.0 Å². The summed E-state index contributed by atoms with van der Waals surface area (Å²) >= 11 is 5.76. The molecule has 0 spiro atoms. The molecule has 33 heavy (non-hydrogen) atoms. The Hall–Kier alpha value is -3.92. The highest BCUT2D eigenvalue weighted by Gasteiger charge is 2.40. The number of hydrogen-bond donors (Lipinski definition) is 1. The minimum Gasteiger partial charge on any atom is -0.454 e. The molecule has 4 rings (SSSR count). The van der Waals surface area contributed by atoms with Gasteiger partial charge in [-0.05, 0) is 30.3 Å². The van der Waals surface area contributed by atoms with Crippen LogP contribution in [0.25, 0.3) is 5.69 Å². The smallest absolute Gasteiger partial charge is 0.434 e. The van der Waals surface area contributed by atoms with Crippen LogP contribution in [0.15, 0.2) is 73.2 Å². The summed E-state index contributed by atoms with van der Waals surface area (Å²) in [6.45, 7) is 0. The summed E-state index contributed by atoms with van der Waals surface area (Å²) in [6.07, 6.45) is -2.59. The van der Waals surface area contributed by atoms with E-state index < -0.39 is 29.3 Å². The molecule has 11 heteroatoms. The van der Waals surface area contributed by atoms with Crippen LogP contribution in [-0.2, 0) is 6.18 Å². The lowest BCUT2D eigenvalue weighted by molar-refractivity contribution is -0.142. The van der Waals surface area contributed by atoms with Crippen molar-refractivity contribution >= 4 is 23.2 Å². The van der Waals surface area contributed by atoms with Gasteiger partial charge in [-0.3, -0.25) is 9.36 Å². The fourth-order valence-electron chi connectivity index (χ4n) is 3.00. The molecule has 0 aliphatic carbocycles. The fraction of sp³-hybridized carbons (Fsp3) is 0.0455. The zero-order valence-corrected chi connectivity index (χ0v) is 17.2. The lowest BCUT2D eigenvalue weighted by atomic mass is 10.2. The lowest BCUT2D eigenvalue weighted by Crippen LogP contribution is -2.21. The van der Waals surface area contributed by atoms with E-state index in [1.54, 1.807) is 18.2 Å². The van der Waals surface area contributed by atoms with Crippen molar-refractivity contribution in [2.24, 2.45) is 0 Å². The van der Waals surface area contributed by atoms with Crippen LogP contribution in [0.5, 0.6) is 11.5 Å². The average molecular weight is 477 g/mol. The number of aromatic nitrogens is 3. The number of nitrogens with one attached hydrogen (secondary N) is 1. The Bertz CT molecular complexity index is 1310. The van der Waals surface area contributed by atoms with Crippen molar-refractivity contribution in [2.75, 3.05) is 5.32 Å². The van der Waals surface area contributed by atoms with Gasteiger partial charge in [0.1, 0.15) is 17.2 Å². The van der Waals surface area contributed by atoms with Gasteiger partial charge in [-0.25, -0.2) is 14.4 Å². The van der Waals surface area contributed by atoms with E-state index in [1.165, 1.54) is 42.6 Å². The third-order valence-electron chi connectivity index (χ3n) is 4.40. The molecular formula is C22H13ClF4N4O2. The Labute approximate surface area is 189 Å². The number of ether oxygens (including phenoxy) is 1. The van der Waals surface area contributed by atoms with E-state index >= 15 is 0 Å². The molecule has 0 aliphatic rings. The number of imidazole rings is 1. The lowest BCUT2D eigenvalue weighted by Gasteiger charge is -2.13. The number of nitrogens with zero attached hydrogens (tertiary/aromatic N) is 3. The monoisotopic (exact) mass is 476 g/mol. The maximum Gasteiger partial charge on any atom is 0.434 e. The zero-order chi connectivity index (χ0) is 23.6. The Kier molecular flexibility index (Phi) is 6.01. The second-order valence-corrected chi connectivity index (χ2v) is 7.05. The molecule has 0 unspecified atom stereocenters. The van der Waals surface area contributed by atoms with Crippen LogP contribution in [0.4, 0.5) is 23.2 Å². The molecular weight excluding hydrogens is 464 g/mol. The Balaban J connectivity index is 1.59. The molecule has 2 aromatic carbocycles. The van der Waals surface area contributed by atoms with E-state index in [-0.39, 0.29) is 28.0 Å². The first-order chi connectivity index (χ1) is 15.7. The van der Waals surface area contributed by atoms with Gasteiger partial charge in [0.15, 0.2) is 23.0 Å². The third-order valence-corrected chi connectivity index (χ3v) is 4.61. The van der Waals surface area contributed by atoms with E-state index in [9.17, 15) is 22.4 Å².